The lowest BCUT2D eigenvalue weighted by atomic mass is 9.88. The highest BCUT2D eigenvalue weighted by Gasteiger charge is 2.27. The SMILES string of the molecule is CCS(=O)(=O)CCC(CNC(C)(C)C)C1CCCC1. The predicted octanol–water partition coefficient (Wildman–Crippen LogP) is 3.01. The van der Waals surface area contributed by atoms with Crippen LogP contribution < -0.4 is 5.32 Å². The monoisotopic (exact) mass is 289 g/mol. The van der Waals surface area contributed by atoms with Gasteiger partial charge in [0.1, 0.15) is 9.84 Å². The summed E-state index contributed by atoms with van der Waals surface area (Å²) in [6.45, 7) is 9.20. The zero-order chi connectivity index (χ0) is 14.5. The van der Waals surface area contributed by atoms with Crippen LogP contribution in [0.25, 0.3) is 0 Å². The first-order valence-electron chi connectivity index (χ1n) is 7.69. The fourth-order valence-corrected chi connectivity index (χ4v) is 3.80. The van der Waals surface area contributed by atoms with Crippen molar-refractivity contribution >= 4 is 9.84 Å². The van der Waals surface area contributed by atoms with E-state index in [2.05, 4.69) is 26.1 Å². The summed E-state index contributed by atoms with van der Waals surface area (Å²) in [5.41, 5.74) is 0.112. The maximum Gasteiger partial charge on any atom is 0.150 e. The van der Waals surface area contributed by atoms with Gasteiger partial charge in [0.2, 0.25) is 0 Å². The minimum Gasteiger partial charge on any atom is -0.312 e. The third-order valence-electron chi connectivity index (χ3n) is 4.20. The topological polar surface area (TPSA) is 46.2 Å². The molecule has 0 heterocycles. The first-order chi connectivity index (χ1) is 8.73. The van der Waals surface area contributed by atoms with Gasteiger partial charge in [-0.05, 0) is 45.6 Å². The molecule has 0 aromatic rings. The minimum absolute atomic E-state index is 0.112. The Morgan fingerprint density at radius 1 is 1.21 bits per heavy atom. The quantitative estimate of drug-likeness (QED) is 0.783. The standard InChI is InChI=1S/C15H31NO2S/c1-5-19(17,18)11-10-14(12-16-15(2,3)4)13-8-6-7-9-13/h13-14,16H,5-12H2,1-4H3. The Labute approximate surface area is 119 Å². The zero-order valence-corrected chi connectivity index (χ0v) is 13.9. The number of sulfone groups is 1. The largest absolute Gasteiger partial charge is 0.312 e. The van der Waals surface area contributed by atoms with Crippen molar-refractivity contribution in [1.82, 2.24) is 5.32 Å². The molecule has 0 bridgehead atoms. The number of nitrogens with one attached hydrogen (secondary N) is 1. The second kappa shape index (κ2) is 7.07. The van der Waals surface area contributed by atoms with Gasteiger partial charge in [0.05, 0.1) is 5.75 Å². The summed E-state index contributed by atoms with van der Waals surface area (Å²) in [6.07, 6.45) is 6.02. The highest BCUT2D eigenvalue weighted by Crippen LogP contribution is 2.33. The molecule has 0 aromatic carbocycles. The molecule has 1 atom stereocenters. The van der Waals surface area contributed by atoms with Crippen LogP contribution in [-0.2, 0) is 9.84 Å². The van der Waals surface area contributed by atoms with E-state index in [0.717, 1.165) is 18.9 Å². The van der Waals surface area contributed by atoms with Crippen molar-refractivity contribution in [2.75, 3.05) is 18.1 Å². The Morgan fingerprint density at radius 3 is 2.26 bits per heavy atom. The smallest absolute Gasteiger partial charge is 0.150 e. The molecule has 1 rings (SSSR count). The maximum absolute atomic E-state index is 11.7. The van der Waals surface area contributed by atoms with Gasteiger partial charge in [-0.3, -0.25) is 0 Å². The third-order valence-corrected chi connectivity index (χ3v) is 5.94. The predicted molar refractivity (Wildman–Crippen MR) is 82.1 cm³/mol. The fourth-order valence-electron chi connectivity index (χ4n) is 2.85. The van der Waals surface area contributed by atoms with E-state index in [0.29, 0.717) is 11.7 Å². The number of hydrogen-bond acceptors (Lipinski definition) is 3. The van der Waals surface area contributed by atoms with Gasteiger partial charge >= 0.3 is 0 Å². The van der Waals surface area contributed by atoms with Crippen molar-refractivity contribution < 1.29 is 8.42 Å². The Bertz CT molecular complexity index is 351. The van der Waals surface area contributed by atoms with Crippen LogP contribution in [0.4, 0.5) is 0 Å². The van der Waals surface area contributed by atoms with E-state index in [4.69, 9.17) is 0 Å². The van der Waals surface area contributed by atoms with Crippen molar-refractivity contribution in [3.63, 3.8) is 0 Å². The van der Waals surface area contributed by atoms with Crippen molar-refractivity contribution in [1.29, 1.82) is 0 Å². The van der Waals surface area contributed by atoms with Crippen LogP contribution in [0.15, 0.2) is 0 Å². The molecule has 1 fully saturated rings. The highest BCUT2D eigenvalue weighted by atomic mass is 32.2. The van der Waals surface area contributed by atoms with Gasteiger partial charge in [-0.15, -0.1) is 0 Å². The molecule has 1 aliphatic rings. The Kier molecular flexibility index (Phi) is 6.31. The van der Waals surface area contributed by atoms with Crippen LogP contribution in [0.2, 0.25) is 0 Å². The van der Waals surface area contributed by atoms with Gasteiger partial charge in [0.25, 0.3) is 0 Å². The van der Waals surface area contributed by atoms with Gasteiger partial charge < -0.3 is 5.32 Å². The molecular formula is C15H31NO2S. The van der Waals surface area contributed by atoms with E-state index >= 15 is 0 Å². The van der Waals surface area contributed by atoms with Crippen LogP contribution in [0.5, 0.6) is 0 Å². The summed E-state index contributed by atoms with van der Waals surface area (Å²) in [5.74, 6) is 1.87. The Balaban J connectivity index is 2.54. The van der Waals surface area contributed by atoms with Gasteiger partial charge in [-0.1, -0.05) is 32.6 Å². The summed E-state index contributed by atoms with van der Waals surface area (Å²) in [7, 11) is -2.83. The lowest BCUT2D eigenvalue weighted by molar-refractivity contribution is 0.282. The second-order valence-electron chi connectivity index (χ2n) is 6.96. The molecular weight excluding hydrogens is 258 g/mol. The van der Waals surface area contributed by atoms with Crippen LogP contribution in [-0.4, -0.2) is 32.0 Å². The summed E-state index contributed by atoms with van der Waals surface area (Å²) >= 11 is 0. The minimum atomic E-state index is -2.83. The van der Waals surface area contributed by atoms with Gasteiger partial charge in [-0.2, -0.15) is 0 Å². The van der Waals surface area contributed by atoms with E-state index in [9.17, 15) is 8.42 Å². The molecule has 0 aromatic heterocycles. The van der Waals surface area contributed by atoms with E-state index in [1.54, 1.807) is 6.92 Å². The summed E-state index contributed by atoms with van der Waals surface area (Å²) < 4.78 is 23.4. The summed E-state index contributed by atoms with van der Waals surface area (Å²) in [6, 6.07) is 0. The molecule has 1 unspecified atom stereocenters. The average molecular weight is 289 g/mol. The molecule has 0 radical (unpaired) electrons. The maximum atomic E-state index is 11.7. The van der Waals surface area contributed by atoms with Crippen LogP contribution in [0.3, 0.4) is 0 Å². The molecule has 4 heteroatoms. The molecule has 1 N–H and O–H groups in total. The van der Waals surface area contributed by atoms with Crippen molar-refractivity contribution in [3.8, 4) is 0 Å². The molecule has 0 saturated heterocycles. The van der Waals surface area contributed by atoms with Gasteiger partial charge in [-0.25, -0.2) is 8.42 Å². The molecule has 19 heavy (non-hydrogen) atoms. The van der Waals surface area contributed by atoms with E-state index in [1.165, 1.54) is 25.7 Å². The first kappa shape index (κ1) is 17.0. The molecule has 0 amide bonds. The van der Waals surface area contributed by atoms with Crippen molar-refractivity contribution in [2.45, 2.75) is 65.3 Å². The molecule has 3 nitrogen and oxygen atoms in total. The van der Waals surface area contributed by atoms with Crippen LogP contribution in [0.1, 0.15) is 59.8 Å². The molecule has 1 saturated carbocycles. The Morgan fingerprint density at radius 2 is 1.79 bits per heavy atom. The van der Waals surface area contributed by atoms with Crippen molar-refractivity contribution in [3.05, 3.63) is 0 Å². The Hall–Kier alpha value is -0.0900. The molecule has 114 valence electrons. The first-order valence-corrected chi connectivity index (χ1v) is 9.51. The van der Waals surface area contributed by atoms with E-state index < -0.39 is 9.84 Å². The molecule has 0 aliphatic heterocycles. The lowest BCUT2D eigenvalue weighted by Crippen LogP contribution is -2.41. The van der Waals surface area contributed by atoms with E-state index in [1.807, 2.05) is 0 Å². The molecule has 0 spiro atoms. The number of rotatable bonds is 7. The van der Waals surface area contributed by atoms with E-state index in [-0.39, 0.29) is 11.3 Å². The zero-order valence-electron chi connectivity index (χ0n) is 13.0. The molecule has 1 aliphatic carbocycles. The lowest BCUT2D eigenvalue weighted by Gasteiger charge is -2.29. The fraction of sp³-hybridized carbons (Fsp3) is 1.00. The van der Waals surface area contributed by atoms with Crippen molar-refractivity contribution in [2.24, 2.45) is 11.8 Å². The highest BCUT2D eigenvalue weighted by molar-refractivity contribution is 7.91. The average Bonchev–Trinajstić information content (AvgIpc) is 2.81. The summed E-state index contributed by atoms with van der Waals surface area (Å²) in [5, 5.41) is 3.56. The van der Waals surface area contributed by atoms with Gasteiger partial charge in [0.15, 0.2) is 0 Å². The second-order valence-corrected chi connectivity index (χ2v) is 9.43. The third kappa shape index (κ3) is 6.75. The van der Waals surface area contributed by atoms with Crippen LogP contribution >= 0.6 is 0 Å². The normalized spacial score (nSPS) is 19.8. The van der Waals surface area contributed by atoms with Crippen LogP contribution in [0, 0.1) is 11.8 Å². The van der Waals surface area contributed by atoms with Gasteiger partial charge in [0, 0.05) is 11.3 Å². The summed E-state index contributed by atoms with van der Waals surface area (Å²) in [4.78, 5) is 0. The number of hydrogen-bond donors (Lipinski definition) is 1.